The highest BCUT2D eigenvalue weighted by Gasteiger charge is 2.20. The van der Waals surface area contributed by atoms with Gasteiger partial charge >= 0.3 is 0 Å². The molecule has 0 aromatic heterocycles. The summed E-state index contributed by atoms with van der Waals surface area (Å²) >= 11 is 1.69. The van der Waals surface area contributed by atoms with Crippen molar-refractivity contribution in [2.75, 3.05) is 17.7 Å². The van der Waals surface area contributed by atoms with Crippen LogP contribution < -0.4 is 5.32 Å². The van der Waals surface area contributed by atoms with E-state index in [0.29, 0.717) is 6.10 Å². The van der Waals surface area contributed by atoms with Crippen molar-refractivity contribution in [3.63, 3.8) is 0 Å². The molecule has 21 heavy (non-hydrogen) atoms. The van der Waals surface area contributed by atoms with E-state index in [-0.39, 0.29) is 11.2 Å². The highest BCUT2D eigenvalue weighted by atomic mass is 32.2. The molecule has 1 aromatic carbocycles. The lowest BCUT2D eigenvalue weighted by molar-refractivity contribution is -0.115. The predicted molar refractivity (Wildman–Crippen MR) is 88.0 cm³/mol. The Bertz CT molecular complexity index is 512. The first-order chi connectivity index (χ1) is 10.2. The average molecular weight is 305 g/mol. The second-order valence-corrected chi connectivity index (χ2v) is 7.31. The number of benzene rings is 1. The van der Waals surface area contributed by atoms with Gasteiger partial charge in [-0.1, -0.05) is 6.07 Å². The van der Waals surface area contributed by atoms with Crippen molar-refractivity contribution in [2.24, 2.45) is 0 Å². The van der Waals surface area contributed by atoms with Crippen molar-refractivity contribution in [3.05, 3.63) is 29.3 Å². The van der Waals surface area contributed by atoms with Gasteiger partial charge in [0.25, 0.3) is 0 Å². The van der Waals surface area contributed by atoms with Gasteiger partial charge in [0.1, 0.15) is 0 Å². The largest absolute Gasteiger partial charge is 0.377 e. The zero-order valence-corrected chi connectivity index (χ0v) is 13.4. The second kappa shape index (κ2) is 6.84. The van der Waals surface area contributed by atoms with E-state index in [1.54, 1.807) is 11.8 Å². The summed E-state index contributed by atoms with van der Waals surface area (Å²) in [4.78, 5) is 12.2. The van der Waals surface area contributed by atoms with Crippen LogP contribution in [0.2, 0.25) is 0 Å². The molecule has 0 radical (unpaired) electrons. The van der Waals surface area contributed by atoms with Crippen LogP contribution in [0, 0.1) is 0 Å². The van der Waals surface area contributed by atoms with Crippen molar-refractivity contribution < 1.29 is 9.53 Å². The minimum atomic E-state index is -0.0394. The highest BCUT2D eigenvalue weighted by Crippen LogP contribution is 2.26. The van der Waals surface area contributed by atoms with E-state index in [9.17, 15) is 4.79 Å². The topological polar surface area (TPSA) is 38.3 Å². The first kappa shape index (κ1) is 14.9. The minimum absolute atomic E-state index is 0.0394. The Morgan fingerprint density at radius 2 is 2.24 bits per heavy atom. The summed E-state index contributed by atoms with van der Waals surface area (Å²) < 4.78 is 5.60. The van der Waals surface area contributed by atoms with Gasteiger partial charge in [0, 0.05) is 18.0 Å². The van der Waals surface area contributed by atoms with Crippen molar-refractivity contribution in [1.82, 2.24) is 0 Å². The average Bonchev–Trinajstić information content (AvgIpc) is 3.15. The lowest BCUT2D eigenvalue weighted by Crippen LogP contribution is -2.24. The van der Waals surface area contributed by atoms with Crippen molar-refractivity contribution in [1.29, 1.82) is 0 Å². The number of aryl methyl sites for hydroxylation is 2. The fraction of sp³-hybridized carbons (Fsp3) is 0.588. The molecular weight excluding hydrogens is 282 g/mol. The van der Waals surface area contributed by atoms with E-state index in [1.165, 1.54) is 24.0 Å². The molecule has 2 atom stereocenters. The SMILES string of the molecule is C[C@H](SC[C@H]1CCCO1)C(=O)Nc1ccc2c(c1)CCC2. The molecule has 4 heteroatoms. The van der Waals surface area contributed by atoms with E-state index < -0.39 is 0 Å². The monoisotopic (exact) mass is 305 g/mol. The van der Waals surface area contributed by atoms with E-state index in [4.69, 9.17) is 4.74 Å². The van der Waals surface area contributed by atoms with Crippen LogP contribution >= 0.6 is 11.8 Å². The van der Waals surface area contributed by atoms with Crippen LogP contribution in [0.4, 0.5) is 5.69 Å². The molecule has 3 nitrogen and oxygen atoms in total. The van der Waals surface area contributed by atoms with Crippen molar-refractivity contribution >= 4 is 23.4 Å². The van der Waals surface area contributed by atoms with Crippen LogP contribution in [0.3, 0.4) is 0 Å². The molecule has 1 N–H and O–H groups in total. The zero-order valence-electron chi connectivity index (χ0n) is 12.6. The van der Waals surface area contributed by atoms with Crippen LogP contribution in [0.5, 0.6) is 0 Å². The predicted octanol–water partition coefficient (Wildman–Crippen LogP) is 3.41. The number of nitrogens with one attached hydrogen (secondary N) is 1. The molecular formula is C17H23NO2S. The summed E-state index contributed by atoms with van der Waals surface area (Å²) in [5, 5.41) is 3.01. The van der Waals surface area contributed by atoms with Gasteiger partial charge in [-0.05, 0) is 62.3 Å². The number of hydrogen-bond donors (Lipinski definition) is 1. The molecule has 1 aromatic rings. The number of fused-ring (bicyclic) bond motifs is 1. The molecule has 1 heterocycles. The number of carbonyl (C=O) groups excluding carboxylic acids is 1. The maximum absolute atomic E-state index is 12.2. The van der Waals surface area contributed by atoms with Gasteiger partial charge in [-0.2, -0.15) is 0 Å². The van der Waals surface area contributed by atoms with Gasteiger partial charge in [0.05, 0.1) is 11.4 Å². The number of amides is 1. The van der Waals surface area contributed by atoms with Gasteiger partial charge in [0.15, 0.2) is 0 Å². The number of ether oxygens (including phenoxy) is 1. The maximum Gasteiger partial charge on any atom is 0.237 e. The van der Waals surface area contributed by atoms with Gasteiger partial charge in [-0.25, -0.2) is 0 Å². The third-order valence-electron chi connectivity index (χ3n) is 4.29. The molecule has 2 aliphatic rings. The Balaban J connectivity index is 1.50. The smallest absolute Gasteiger partial charge is 0.237 e. The minimum Gasteiger partial charge on any atom is -0.377 e. The Morgan fingerprint density at radius 1 is 1.38 bits per heavy atom. The number of carbonyl (C=O) groups is 1. The number of anilines is 1. The van der Waals surface area contributed by atoms with E-state index >= 15 is 0 Å². The summed E-state index contributed by atoms with van der Waals surface area (Å²) in [6.07, 6.45) is 6.18. The summed E-state index contributed by atoms with van der Waals surface area (Å²) in [6.45, 7) is 2.85. The van der Waals surface area contributed by atoms with Gasteiger partial charge in [0.2, 0.25) is 5.91 Å². The number of thioether (sulfide) groups is 1. The molecule has 1 fully saturated rings. The quantitative estimate of drug-likeness (QED) is 0.906. The molecule has 1 aliphatic carbocycles. The lowest BCUT2D eigenvalue weighted by Gasteiger charge is -2.15. The molecule has 0 bridgehead atoms. The number of hydrogen-bond acceptors (Lipinski definition) is 3. The summed E-state index contributed by atoms with van der Waals surface area (Å²) in [5.41, 5.74) is 3.77. The summed E-state index contributed by atoms with van der Waals surface area (Å²) in [7, 11) is 0. The first-order valence-electron chi connectivity index (χ1n) is 7.88. The Hall–Kier alpha value is -1.00. The van der Waals surface area contributed by atoms with Crippen molar-refractivity contribution in [3.8, 4) is 0 Å². The standard InChI is InChI=1S/C17H23NO2S/c1-12(21-11-16-6-3-9-20-16)17(19)18-15-8-7-13-4-2-5-14(13)10-15/h7-8,10,12,16H,2-6,9,11H2,1H3,(H,18,19)/t12-,16+/m0/s1. The first-order valence-corrected chi connectivity index (χ1v) is 8.93. The molecule has 0 spiro atoms. The normalized spacial score (nSPS) is 22.0. The van der Waals surface area contributed by atoms with Gasteiger partial charge in [-0.3, -0.25) is 4.79 Å². The summed E-state index contributed by atoms with van der Waals surface area (Å²) in [5.74, 6) is 1.01. The maximum atomic E-state index is 12.2. The van der Waals surface area contributed by atoms with Crippen LogP contribution in [0.15, 0.2) is 18.2 Å². The molecule has 0 unspecified atom stereocenters. The zero-order chi connectivity index (χ0) is 14.7. The van der Waals surface area contributed by atoms with Crippen LogP contribution in [0.1, 0.15) is 37.3 Å². The highest BCUT2D eigenvalue weighted by molar-refractivity contribution is 8.00. The van der Waals surface area contributed by atoms with E-state index in [1.807, 2.05) is 13.0 Å². The molecule has 0 saturated carbocycles. The van der Waals surface area contributed by atoms with E-state index in [0.717, 1.165) is 37.3 Å². The second-order valence-electron chi connectivity index (χ2n) is 5.94. The Morgan fingerprint density at radius 3 is 3.05 bits per heavy atom. The van der Waals surface area contributed by atoms with Crippen LogP contribution in [-0.4, -0.2) is 29.6 Å². The fourth-order valence-corrected chi connectivity index (χ4v) is 3.97. The molecule has 1 saturated heterocycles. The van der Waals surface area contributed by atoms with Crippen LogP contribution in [-0.2, 0) is 22.4 Å². The third kappa shape index (κ3) is 3.80. The molecule has 114 valence electrons. The molecule has 1 amide bonds. The van der Waals surface area contributed by atoms with E-state index in [2.05, 4.69) is 17.4 Å². The third-order valence-corrected chi connectivity index (χ3v) is 5.57. The van der Waals surface area contributed by atoms with Crippen LogP contribution in [0.25, 0.3) is 0 Å². The molecule has 1 aliphatic heterocycles. The Labute approximate surface area is 130 Å². The number of rotatable bonds is 5. The molecule has 3 rings (SSSR count). The Kier molecular flexibility index (Phi) is 4.86. The fourth-order valence-electron chi connectivity index (χ4n) is 3.00. The van der Waals surface area contributed by atoms with Gasteiger partial charge in [-0.15, -0.1) is 11.8 Å². The van der Waals surface area contributed by atoms with Crippen molar-refractivity contribution in [2.45, 2.75) is 50.4 Å². The lowest BCUT2D eigenvalue weighted by atomic mass is 10.1. The summed E-state index contributed by atoms with van der Waals surface area (Å²) in [6, 6.07) is 6.32. The van der Waals surface area contributed by atoms with Gasteiger partial charge < -0.3 is 10.1 Å².